The first-order chi connectivity index (χ1) is 14.5. The lowest BCUT2D eigenvalue weighted by Crippen LogP contribution is -2.58. The highest BCUT2D eigenvalue weighted by Gasteiger charge is 2.41. The molecule has 1 aromatic heterocycles. The number of phenolic OH excluding ortho intramolecular Hbond substituents is 1. The van der Waals surface area contributed by atoms with Crippen molar-refractivity contribution >= 4 is 23.7 Å². The third kappa shape index (κ3) is 5.35. The minimum atomic E-state index is -0.607. The van der Waals surface area contributed by atoms with Crippen LogP contribution in [-0.4, -0.2) is 70.8 Å². The molecule has 2 fully saturated rings. The molecule has 7 nitrogen and oxygen atoms in total. The van der Waals surface area contributed by atoms with Crippen LogP contribution in [0.5, 0.6) is 5.75 Å². The van der Waals surface area contributed by atoms with Crippen LogP contribution >= 0.6 is 11.3 Å². The van der Waals surface area contributed by atoms with Gasteiger partial charge in [-0.3, -0.25) is 14.5 Å². The Labute approximate surface area is 178 Å². The number of carbonyl (C=O) groups excluding carboxylic acids is 1. The third-order valence-electron chi connectivity index (χ3n) is 5.47. The fourth-order valence-electron chi connectivity index (χ4n) is 3.93. The van der Waals surface area contributed by atoms with Gasteiger partial charge in [0.2, 0.25) is 0 Å². The average molecular weight is 437 g/mol. The zero-order chi connectivity index (χ0) is 21.6. The number of ether oxygens (including phenoxy) is 1. The van der Waals surface area contributed by atoms with E-state index < -0.39 is 5.82 Å². The van der Waals surface area contributed by atoms with Crippen LogP contribution in [0.15, 0.2) is 35.0 Å². The van der Waals surface area contributed by atoms with Crippen LogP contribution in [0.2, 0.25) is 0 Å². The smallest absolute Gasteiger partial charge is 0.290 e. The molecule has 2 aliphatic heterocycles. The fourth-order valence-corrected chi connectivity index (χ4v) is 4.59. The minimum Gasteiger partial charge on any atom is -0.508 e. The summed E-state index contributed by atoms with van der Waals surface area (Å²) < 4.78 is 20.1. The van der Waals surface area contributed by atoms with Crippen LogP contribution in [-0.2, 0) is 16.1 Å². The Balaban J connectivity index is 0.000000806. The summed E-state index contributed by atoms with van der Waals surface area (Å²) in [7, 11) is 0. The Hall–Kier alpha value is -2.49. The highest BCUT2D eigenvalue weighted by atomic mass is 32.1. The number of piperidine rings is 1. The lowest BCUT2D eigenvalue weighted by atomic mass is 9.89. The molecule has 0 saturated carbocycles. The Kier molecular flexibility index (Phi) is 7.41. The van der Waals surface area contributed by atoms with Crippen molar-refractivity contribution in [2.24, 2.45) is 0 Å². The molecule has 0 aliphatic carbocycles. The van der Waals surface area contributed by atoms with E-state index in [1.807, 2.05) is 0 Å². The van der Waals surface area contributed by atoms with Gasteiger partial charge < -0.3 is 19.8 Å². The van der Waals surface area contributed by atoms with Crippen molar-refractivity contribution in [3.05, 3.63) is 52.0 Å². The second-order valence-electron chi connectivity index (χ2n) is 7.44. The maximum atomic E-state index is 14.0. The maximum absolute atomic E-state index is 14.0. The van der Waals surface area contributed by atoms with E-state index in [2.05, 4.69) is 21.7 Å². The molecule has 4 rings (SSSR count). The molecule has 0 atom stereocenters. The number of carbonyl (C=O) groups is 2. The number of nitrogens with zero attached hydrogens (tertiary/aromatic N) is 2. The second kappa shape index (κ2) is 10.0. The molecule has 0 bridgehead atoms. The van der Waals surface area contributed by atoms with E-state index in [1.54, 1.807) is 16.2 Å². The van der Waals surface area contributed by atoms with Gasteiger partial charge in [0.1, 0.15) is 11.6 Å². The maximum Gasteiger partial charge on any atom is 0.290 e. The molecule has 1 aromatic carbocycles. The molecule has 1 spiro atoms. The molecular weight excluding hydrogens is 411 g/mol. The van der Waals surface area contributed by atoms with Crippen molar-refractivity contribution in [2.45, 2.75) is 25.0 Å². The van der Waals surface area contributed by atoms with Crippen LogP contribution in [0, 0.1) is 5.82 Å². The Bertz CT molecular complexity index is 853. The first-order valence-electron chi connectivity index (χ1n) is 9.69. The summed E-state index contributed by atoms with van der Waals surface area (Å²) in [5.74, 6) is -1.10. The van der Waals surface area contributed by atoms with Gasteiger partial charge in [0.15, 0.2) is 0 Å². The average Bonchev–Trinajstić information content (AvgIpc) is 3.25. The predicted octanol–water partition coefficient (Wildman–Crippen LogP) is 2.80. The van der Waals surface area contributed by atoms with E-state index in [0.717, 1.165) is 38.5 Å². The monoisotopic (exact) mass is 436 g/mol. The summed E-state index contributed by atoms with van der Waals surface area (Å²) in [6.07, 6.45) is 1.70. The van der Waals surface area contributed by atoms with E-state index in [4.69, 9.17) is 14.6 Å². The second-order valence-corrected chi connectivity index (χ2v) is 8.22. The van der Waals surface area contributed by atoms with Gasteiger partial charge in [-0.2, -0.15) is 11.3 Å². The predicted molar refractivity (Wildman–Crippen MR) is 110 cm³/mol. The van der Waals surface area contributed by atoms with Crippen molar-refractivity contribution < 1.29 is 28.9 Å². The first kappa shape index (κ1) is 22.2. The number of benzene rings is 1. The van der Waals surface area contributed by atoms with E-state index >= 15 is 0 Å². The number of halogens is 1. The zero-order valence-corrected chi connectivity index (χ0v) is 17.3. The largest absolute Gasteiger partial charge is 0.508 e. The fraction of sp³-hybridized carbons (Fsp3) is 0.429. The van der Waals surface area contributed by atoms with Crippen molar-refractivity contribution in [1.29, 1.82) is 0 Å². The summed E-state index contributed by atoms with van der Waals surface area (Å²) in [6, 6.07) is 5.72. The minimum absolute atomic E-state index is 0.0815. The van der Waals surface area contributed by atoms with E-state index in [1.165, 1.54) is 17.7 Å². The van der Waals surface area contributed by atoms with Crippen LogP contribution < -0.4 is 0 Å². The lowest BCUT2D eigenvalue weighted by molar-refractivity contribution is -0.128. The number of hydrogen-bond acceptors (Lipinski definition) is 6. The number of aromatic hydroxyl groups is 1. The quantitative estimate of drug-likeness (QED) is 0.720. The summed E-state index contributed by atoms with van der Waals surface area (Å²) in [5.41, 5.74) is 0.894. The molecule has 2 aromatic rings. The topological polar surface area (TPSA) is 90.3 Å². The summed E-state index contributed by atoms with van der Waals surface area (Å²) in [4.78, 5) is 25.2. The summed E-state index contributed by atoms with van der Waals surface area (Å²) in [6.45, 7) is 3.88. The molecule has 0 radical (unpaired) electrons. The van der Waals surface area contributed by atoms with Gasteiger partial charge >= 0.3 is 0 Å². The molecule has 2 saturated heterocycles. The van der Waals surface area contributed by atoms with Gasteiger partial charge in [-0.1, -0.05) is 0 Å². The molecule has 3 heterocycles. The molecule has 0 unspecified atom stereocenters. The summed E-state index contributed by atoms with van der Waals surface area (Å²) in [5, 5.41) is 20.7. The van der Waals surface area contributed by atoms with Crippen LogP contribution in [0.3, 0.4) is 0 Å². The number of thiophene rings is 1. The van der Waals surface area contributed by atoms with Gasteiger partial charge in [0.25, 0.3) is 12.4 Å². The highest BCUT2D eigenvalue weighted by molar-refractivity contribution is 7.07. The van der Waals surface area contributed by atoms with Gasteiger partial charge in [-0.15, -0.1) is 0 Å². The van der Waals surface area contributed by atoms with Crippen LogP contribution in [0.25, 0.3) is 0 Å². The van der Waals surface area contributed by atoms with E-state index in [9.17, 15) is 14.3 Å². The van der Waals surface area contributed by atoms with Crippen molar-refractivity contribution in [3.63, 3.8) is 0 Å². The van der Waals surface area contributed by atoms with Gasteiger partial charge in [0, 0.05) is 26.2 Å². The SMILES string of the molecule is O=C(c1cc(O)ccc1F)N1CCOC2(CCN(Cc3ccsc3)CC2)C1.O=CO. The van der Waals surface area contributed by atoms with Crippen molar-refractivity contribution in [1.82, 2.24) is 9.80 Å². The Morgan fingerprint density at radius 3 is 2.67 bits per heavy atom. The Morgan fingerprint density at radius 2 is 2.00 bits per heavy atom. The number of carboxylic acid groups (broad SMARTS) is 1. The first-order valence-corrected chi connectivity index (χ1v) is 10.6. The van der Waals surface area contributed by atoms with E-state index in [-0.39, 0.29) is 29.3 Å². The number of morpholine rings is 1. The summed E-state index contributed by atoms with van der Waals surface area (Å²) >= 11 is 1.71. The van der Waals surface area contributed by atoms with E-state index in [0.29, 0.717) is 19.7 Å². The molecule has 2 aliphatic rings. The normalized spacial score (nSPS) is 18.5. The van der Waals surface area contributed by atoms with Crippen molar-refractivity contribution in [2.75, 3.05) is 32.8 Å². The number of likely N-dealkylation sites (tertiary alicyclic amines) is 1. The number of phenols is 1. The van der Waals surface area contributed by atoms with Crippen molar-refractivity contribution in [3.8, 4) is 5.75 Å². The molecule has 162 valence electrons. The standard InChI is InChI=1S/C20H23FN2O3S.CH2O2/c21-18-2-1-16(24)11-17(18)19(25)23-8-9-26-20(14-23)4-6-22(7-5-20)12-15-3-10-27-13-15;2-1-3/h1-3,10-11,13,24H,4-9,12,14H2;1H,(H,2,3). The molecule has 9 heteroatoms. The third-order valence-corrected chi connectivity index (χ3v) is 6.20. The number of rotatable bonds is 3. The van der Waals surface area contributed by atoms with Gasteiger partial charge in [0.05, 0.1) is 24.3 Å². The zero-order valence-electron chi connectivity index (χ0n) is 16.5. The van der Waals surface area contributed by atoms with Gasteiger partial charge in [-0.25, -0.2) is 4.39 Å². The highest BCUT2D eigenvalue weighted by Crippen LogP contribution is 2.32. The molecule has 30 heavy (non-hydrogen) atoms. The molecule has 1 amide bonds. The Morgan fingerprint density at radius 1 is 1.27 bits per heavy atom. The number of hydrogen-bond donors (Lipinski definition) is 2. The molecular formula is C21H25FN2O5S. The van der Waals surface area contributed by atoms with Crippen LogP contribution in [0.4, 0.5) is 4.39 Å². The lowest BCUT2D eigenvalue weighted by Gasteiger charge is -2.47. The van der Waals surface area contributed by atoms with Crippen LogP contribution in [0.1, 0.15) is 28.8 Å². The molecule has 2 N–H and O–H groups in total. The number of amides is 1. The van der Waals surface area contributed by atoms with Gasteiger partial charge in [-0.05, 0) is 53.4 Å².